The van der Waals surface area contributed by atoms with Crippen molar-refractivity contribution in [3.05, 3.63) is 18.2 Å². The Kier molecular flexibility index (Phi) is 13.8. The summed E-state index contributed by atoms with van der Waals surface area (Å²) in [5.41, 5.74) is 0. The zero-order valence-corrected chi connectivity index (χ0v) is 17.5. The molecule has 1 rings (SSSR count). The second-order valence-corrected chi connectivity index (χ2v) is 7.97. The second-order valence-electron chi connectivity index (χ2n) is 7.97. The number of nitrogens with zero attached hydrogens (tertiary/aromatic N) is 1. The third-order valence-corrected chi connectivity index (χ3v) is 5.61. The van der Waals surface area contributed by atoms with Crippen LogP contribution < -0.4 is 4.57 Å². The minimum absolute atomic E-state index is 0.728. The van der Waals surface area contributed by atoms with Gasteiger partial charge >= 0.3 is 0 Å². The van der Waals surface area contributed by atoms with Gasteiger partial charge in [-0.3, -0.25) is 0 Å². The van der Waals surface area contributed by atoms with Crippen molar-refractivity contribution in [3.63, 3.8) is 0 Å². The first-order valence-electron chi connectivity index (χ1n) is 11.3. The molecular weight excluding hydrogens is 304 g/mol. The van der Waals surface area contributed by atoms with Crippen LogP contribution in [0.5, 0.6) is 0 Å². The van der Waals surface area contributed by atoms with Gasteiger partial charge in [0.1, 0.15) is 12.4 Å². The van der Waals surface area contributed by atoms with Crippen LogP contribution in [0.25, 0.3) is 0 Å². The van der Waals surface area contributed by atoms with Gasteiger partial charge in [0.25, 0.3) is 5.82 Å². The summed E-state index contributed by atoms with van der Waals surface area (Å²) in [6.45, 7) is 4.59. The highest BCUT2D eigenvalue weighted by Gasteiger charge is 2.20. The zero-order chi connectivity index (χ0) is 18.2. The molecule has 0 saturated heterocycles. The summed E-state index contributed by atoms with van der Waals surface area (Å²) in [4.78, 5) is 3.49. The number of imidazole rings is 1. The van der Waals surface area contributed by atoms with E-state index in [2.05, 4.69) is 42.8 Å². The molecule has 0 radical (unpaired) electrons. The van der Waals surface area contributed by atoms with Crippen LogP contribution in [-0.2, 0) is 7.05 Å². The lowest BCUT2D eigenvalue weighted by molar-refractivity contribution is -0.679. The fourth-order valence-corrected chi connectivity index (χ4v) is 3.94. The lowest BCUT2D eigenvalue weighted by Gasteiger charge is -2.13. The molecule has 2 heteroatoms. The van der Waals surface area contributed by atoms with Gasteiger partial charge in [0.2, 0.25) is 0 Å². The molecule has 1 N–H and O–H groups in total. The summed E-state index contributed by atoms with van der Waals surface area (Å²) < 4.78 is 2.29. The largest absolute Gasteiger partial charge is 0.257 e. The van der Waals surface area contributed by atoms with E-state index in [0.29, 0.717) is 0 Å². The van der Waals surface area contributed by atoms with Crippen LogP contribution in [0.4, 0.5) is 0 Å². The number of aromatic nitrogens is 2. The summed E-state index contributed by atoms with van der Waals surface area (Å²) in [5.74, 6) is 2.17. The van der Waals surface area contributed by atoms with Crippen LogP contribution in [0, 0.1) is 0 Å². The van der Waals surface area contributed by atoms with Crippen LogP contribution in [0.1, 0.15) is 128 Å². The van der Waals surface area contributed by atoms with Gasteiger partial charge in [-0.1, -0.05) is 104 Å². The summed E-state index contributed by atoms with van der Waals surface area (Å²) >= 11 is 0. The van der Waals surface area contributed by atoms with Gasteiger partial charge in [-0.25, -0.2) is 9.55 Å². The summed E-state index contributed by atoms with van der Waals surface area (Å²) in [5, 5.41) is 0. The Balaban J connectivity index is 2.14. The summed E-state index contributed by atoms with van der Waals surface area (Å²) in [7, 11) is 2.18. The quantitative estimate of drug-likeness (QED) is 0.226. The lowest BCUT2D eigenvalue weighted by Crippen LogP contribution is -2.32. The maximum Gasteiger partial charge on any atom is 0.257 e. The molecule has 146 valence electrons. The molecule has 0 aromatic carbocycles. The Morgan fingerprint density at radius 2 is 1.16 bits per heavy atom. The normalized spacial score (nSPS) is 12.6. The monoisotopic (exact) mass is 349 g/mol. The Bertz CT molecular complexity index is 397. The molecular formula is C23H45N2+. The highest BCUT2D eigenvalue weighted by molar-refractivity contribution is 4.89. The zero-order valence-electron chi connectivity index (χ0n) is 17.5. The average molecular weight is 350 g/mol. The Labute approximate surface area is 157 Å². The van der Waals surface area contributed by atoms with Crippen molar-refractivity contribution in [2.24, 2.45) is 7.05 Å². The van der Waals surface area contributed by atoms with Crippen molar-refractivity contribution in [3.8, 4) is 0 Å². The third-order valence-electron chi connectivity index (χ3n) is 5.61. The van der Waals surface area contributed by atoms with Gasteiger partial charge in [0.15, 0.2) is 0 Å². The first kappa shape index (κ1) is 22.3. The molecule has 0 aliphatic carbocycles. The van der Waals surface area contributed by atoms with Crippen LogP contribution in [0.2, 0.25) is 0 Å². The molecule has 1 atom stereocenters. The molecule has 0 bridgehead atoms. The van der Waals surface area contributed by atoms with Crippen LogP contribution in [0.15, 0.2) is 12.4 Å². The Hall–Kier alpha value is -0.790. The van der Waals surface area contributed by atoms with Crippen molar-refractivity contribution in [2.75, 3.05) is 0 Å². The van der Waals surface area contributed by atoms with Crippen LogP contribution in [0.3, 0.4) is 0 Å². The maximum absolute atomic E-state index is 3.49. The molecule has 0 fully saturated rings. The SMILES string of the molecule is CCCCCCCCCCCC[C@H](CCCCCC)c1[nH]cc[n+]1C. The van der Waals surface area contributed by atoms with E-state index in [1.807, 2.05) is 0 Å². The molecule has 0 aliphatic heterocycles. The number of nitrogens with one attached hydrogen (secondary N) is 1. The van der Waals surface area contributed by atoms with Crippen LogP contribution >= 0.6 is 0 Å². The van der Waals surface area contributed by atoms with Crippen molar-refractivity contribution in [1.29, 1.82) is 0 Å². The van der Waals surface area contributed by atoms with Gasteiger partial charge in [-0.15, -0.1) is 0 Å². The first-order chi connectivity index (χ1) is 12.3. The van der Waals surface area contributed by atoms with E-state index in [1.165, 1.54) is 109 Å². The first-order valence-corrected chi connectivity index (χ1v) is 11.3. The smallest absolute Gasteiger partial charge is 0.247 e. The highest BCUT2D eigenvalue weighted by atomic mass is 15.0. The van der Waals surface area contributed by atoms with Gasteiger partial charge < -0.3 is 0 Å². The van der Waals surface area contributed by atoms with Gasteiger partial charge in [0, 0.05) is 0 Å². The number of hydrogen-bond donors (Lipinski definition) is 1. The maximum atomic E-state index is 3.49. The molecule has 1 heterocycles. The van der Waals surface area contributed by atoms with Gasteiger partial charge in [-0.2, -0.15) is 0 Å². The topological polar surface area (TPSA) is 19.7 Å². The predicted octanol–water partition coefficient (Wildman–Crippen LogP) is 7.20. The van der Waals surface area contributed by atoms with E-state index < -0.39 is 0 Å². The molecule has 25 heavy (non-hydrogen) atoms. The molecule has 1 aromatic rings. The fourth-order valence-electron chi connectivity index (χ4n) is 3.94. The second kappa shape index (κ2) is 15.5. The molecule has 0 saturated carbocycles. The number of aryl methyl sites for hydroxylation is 1. The molecule has 0 amide bonds. The molecule has 0 aliphatic rings. The van der Waals surface area contributed by atoms with E-state index >= 15 is 0 Å². The van der Waals surface area contributed by atoms with Gasteiger partial charge in [0.05, 0.1) is 13.0 Å². The fraction of sp³-hybridized carbons (Fsp3) is 0.870. The summed E-state index contributed by atoms with van der Waals surface area (Å²) in [6.07, 6.45) is 26.8. The van der Waals surface area contributed by atoms with Crippen molar-refractivity contribution in [1.82, 2.24) is 4.98 Å². The average Bonchev–Trinajstić information content (AvgIpc) is 3.04. The van der Waals surface area contributed by atoms with E-state index in [-0.39, 0.29) is 0 Å². The minimum atomic E-state index is 0.728. The number of unbranched alkanes of at least 4 members (excludes halogenated alkanes) is 12. The standard InChI is InChI=1S/C23H44N2/c1-4-6-8-10-11-12-13-14-15-17-19-22(18-16-9-7-5-2)23-24-20-21-25(23)3/h20-22H,4-19H2,1-3H3/p+1/t22-/m0/s1. The van der Waals surface area contributed by atoms with E-state index in [0.717, 1.165) is 5.92 Å². The van der Waals surface area contributed by atoms with Crippen molar-refractivity contribution < 1.29 is 4.57 Å². The number of aromatic amines is 1. The van der Waals surface area contributed by atoms with E-state index in [9.17, 15) is 0 Å². The van der Waals surface area contributed by atoms with Gasteiger partial charge in [-0.05, 0) is 12.8 Å². The summed E-state index contributed by atoms with van der Waals surface area (Å²) in [6, 6.07) is 0. The van der Waals surface area contributed by atoms with Crippen LogP contribution in [-0.4, -0.2) is 4.98 Å². The number of H-pyrrole nitrogens is 1. The Morgan fingerprint density at radius 1 is 0.720 bits per heavy atom. The molecule has 0 unspecified atom stereocenters. The molecule has 0 spiro atoms. The lowest BCUT2D eigenvalue weighted by atomic mass is 9.93. The van der Waals surface area contributed by atoms with E-state index in [4.69, 9.17) is 0 Å². The third kappa shape index (κ3) is 10.7. The number of rotatable bonds is 17. The van der Waals surface area contributed by atoms with Crippen molar-refractivity contribution >= 4 is 0 Å². The highest BCUT2D eigenvalue weighted by Crippen LogP contribution is 2.25. The predicted molar refractivity (Wildman–Crippen MR) is 110 cm³/mol. The number of hydrogen-bond acceptors (Lipinski definition) is 0. The Morgan fingerprint density at radius 3 is 1.60 bits per heavy atom. The van der Waals surface area contributed by atoms with E-state index in [1.54, 1.807) is 0 Å². The molecule has 1 aromatic heterocycles. The minimum Gasteiger partial charge on any atom is -0.247 e. The van der Waals surface area contributed by atoms with Crippen molar-refractivity contribution in [2.45, 2.75) is 122 Å². The molecule has 2 nitrogen and oxygen atoms in total.